The summed E-state index contributed by atoms with van der Waals surface area (Å²) in [6.07, 6.45) is 0.184. The molecule has 0 unspecified atom stereocenters. The van der Waals surface area contributed by atoms with Crippen molar-refractivity contribution in [3.05, 3.63) is 24.3 Å². The summed E-state index contributed by atoms with van der Waals surface area (Å²) in [5, 5.41) is 3.00. The van der Waals surface area contributed by atoms with Crippen molar-refractivity contribution in [2.75, 3.05) is 25.5 Å². The molecule has 1 aromatic rings. The molecule has 1 aliphatic heterocycles. The van der Waals surface area contributed by atoms with Crippen molar-refractivity contribution in [3.63, 3.8) is 0 Å². The minimum absolute atomic E-state index is 0.0617. The zero-order valence-corrected chi connectivity index (χ0v) is 14.4. The number of carbonyl (C=O) groups excluding carboxylic acids is 2. The first kappa shape index (κ1) is 17.3. The second-order valence-corrected chi connectivity index (χ2v) is 6.09. The number of amidine groups is 1. The van der Waals surface area contributed by atoms with E-state index in [0.717, 1.165) is 5.75 Å². The summed E-state index contributed by atoms with van der Waals surface area (Å²) in [5.74, 6) is 0.475. The van der Waals surface area contributed by atoms with Crippen molar-refractivity contribution >= 4 is 34.4 Å². The van der Waals surface area contributed by atoms with Crippen LogP contribution in [-0.2, 0) is 9.59 Å². The molecule has 124 valence electrons. The van der Waals surface area contributed by atoms with E-state index in [1.165, 1.54) is 11.8 Å². The summed E-state index contributed by atoms with van der Waals surface area (Å²) >= 11 is 1.35. The van der Waals surface area contributed by atoms with Crippen LogP contribution in [0.1, 0.15) is 20.3 Å². The molecule has 6 nitrogen and oxygen atoms in total. The molecule has 1 aromatic carbocycles. The summed E-state index contributed by atoms with van der Waals surface area (Å²) in [7, 11) is 1.59. The van der Waals surface area contributed by atoms with Gasteiger partial charge in [-0.05, 0) is 38.1 Å². The summed E-state index contributed by atoms with van der Waals surface area (Å²) < 4.78 is 5.09. The maximum atomic E-state index is 12.4. The van der Waals surface area contributed by atoms with Gasteiger partial charge in [-0.15, -0.1) is 0 Å². The Kier molecular flexibility index (Phi) is 6.04. The fraction of sp³-hybridized carbons (Fsp3) is 0.438. The molecule has 1 N–H and O–H groups in total. The first-order chi connectivity index (χ1) is 11.1. The smallest absolute Gasteiger partial charge is 0.238 e. The van der Waals surface area contributed by atoms with Gasteiger partial charge in [-0.1, -0.05) is 11.8 Å². The third-order valence-electron chi connectivity index (χ3n) is 3.40. The van der Waals surface area contributed by atoms with Crippen molar-refractivity contribution in [2.24, 2.45) is 4.99 Å². The van der Waals surface area contributed by atoms with E-state index in [9.17, 15) is 9.59 Å². The average molecular weight is 335 g/mol. The largest absolute Gasteiger partial charge is 0.497 e. The number of carbonyl (C=O) groups is 2. The number of benzene rings is 1. The Bertz CT molecular complexity index is 601. The molecular formula is C16H21N3O3S. The third kappa shape index (κ3) is 4.25. The molecule has 1 aliphatic rings. The Hall–Kier alpha value is -2.02. The number of rotatable bonds is 5. The summed E-state index contributed by atoms with van der Waals surface area (Å²) in [6.45, 7) is 4.96. The minimum Gasteiger partial charge on any atom is -0.497 e. The van der Waals surface area contributed by atoms with Crippen molar-refractivity contribution in [1.82, 2.24) is 4.90 Å². The van der Waals surface area contributed by atoms with Gasteiger partial charge < -0.3 is 10.1 Å². The van der Waals surface area contributed by atoms with Crippen LogP contribution < -0.4 is 10.1 Å². The summed E-state index contributed by atoms with van der Waals surface area (Å²) in [6, 6.07) is 7.09. The van der Waals surface area contributed by atoms with Gasteiger partial charge in [0.25, 0.3) is 0 Å². The average Bonchev–Trinajstić information content (AvgIpc) is 2.55. The van der Waals surface area contributed by atoms with Gasteiger partial charge in [0.05, 0.1) is 7.11 Å². The molecule has 1 fully saturated rings. The van der Waals surface area contributed by atoms with Crippen LogP contribution in [0.2, 0.25) is 0 Å². The van der Waals surface area contributed by atoms with Gasteiger partial charge >= 0.3 is 0 Å². The van der Waals surface area contributed by atoms with E-state index in [0.29, 0.717) is 23.9 Å². The number of aliphatic imine (C=N–C) groups is 1. The molecule has 0 spiro atoms. The van der Waals surface area contributed by atoms with E-state index < -0.39 is 5.25 Å². The van der Waals surface area contributed by atoms with Gasteiger partial charge in [-0.25, -0.2) is 0 Å². The quantitative estimate of drug-likeness (QED) is 0.897. The number of nitrogens with one attached hydrogen (secondary N) is 1. The lowest BCUT2D eigenvalue weighted by molar-refractivity contribution is -0.129. The van der Waals surface area contributed by atoms with Crippen LogP contribution in [0.25, 0.3) is 0 Å². The monoisotopic (exact) mass is 335 g/mol. The number of anilines is 1. The van der Waals surface area contributed by atoms with Crippen LogP contribution in [0.3, 0.4) is 0 Å². The Labute approximate surface area is 140 Å². The van der Waals surface area contributed by atoms with Crippen LogP contribution in [0.5, 0.6) is 5.75 Å². The van der Waals surface area contributed by atoms with Crippen LogP contribution in [0, 0.1) is 0 Å². The second kappa shape index (κ2) is 8.01. The lowest BCUT2D eigenvalue weighted by Crippen LogP contribution is -2.45. The molecule has 23 heavy (non-hydrogen) atoms. The van der Waals surface area contributed by atoms with Crippen molar-refractivity contribution in [1.29, 1.82) is 0 Å². The highest BCUT2D eigenvalue weighted by atomic mass is 32.2. The SMILES string of the molecule is CCN=C1S[C@H](C(=O)Nc2ccc(OC)cc2)CC(=O)N1CC. The summed E-state index contributed by atoms with van der Waals surface area (Å²) in [4.78, 5) is 30.6. The molecule has 0 bridgehead atoms. The fourth-order valence-corrected chi connectivity index (χ4v) is 3.43. The van der Waals surface area contributed by atoms with Crippen LogP contribution >= 0.6 is 11.8 Å². The maximum Gasteiger partial charge on any atom is 0.238 e. The van der Waals surface area contributed by atoms with Gasteiger partial charge in [-0.2, -0.15) is 0 Å². The molecule has 1 heterocycles. The lowest BCUT2D eigenvalue weighted by atomic mass is 10.2. The maximum absolute atomic E-state index is 12.4. The number of thioether (sulfide) groups is 1. The molecule has 1 saturated heterocycles. The number of nitrogens with zero attached hydrogens (tertiary/aromatic N) is 2. The predicted octanol–water partition coefficient (Wildman–Crippen LogP) is 2.36. The van der Waals surface area contributed by atoms with E-state index in [4.69, 9.17) is 4.74 Å². The van der Waals surface area contributed by atoms with Crippen LogP contribution in [-0.4, -0.2) is 47.3 Å². The zero-order valence-electron chi connectivity index (χ0n) is 13.5. The molecule has 0 saturated carbocycles. The number of hydrogen-bond donors (Lipinski definition) is 1. The molecule has 0 aromatic heterocycles. The molecule has 2 rings (SSSR count). The fourth-order valence-electron chi connectivity index (χ4n) is 2.22. The zero-order chi connectivity index (χ0) is 16.8. The lowest BCUT2D eigenvalue weighted by Gasteiger charge is -2.30. The predicted molar refractivity (Wildman–Crippen MR) is 93.0 cm³/mol. The normalized spacial score (nSPS) is 19.8. The van der Waals surface area contributed by atoms with Gasteiger partial charge in [-0.3, -0.25) is 19.5 Å². The third-order valence-corrected chi connectivity index (χ3v) is 4.62. The van der Waals surface area contributed by atoms with Crippen molar-refractivity contribution in [2.45, 2.75) is 25.5 Å². The molecule has 1 atom stereocenters. The van der Waals surface area contributed by atoms with Crippen molar-refractivity contribution < 1.29 is 14.3 Å². The molecular weight excluding hydrogens is 314 g/mol. The van der Waals surface area contributed by atoms with E-state index in [1.807, 2.05) is 13.8 Å². The Morgan fingerprint density at radius 2 is 2.09 bits per heavy atom. The molecule has 0 aliphatic carbocycles. The van der Waals surface area contributed by atoms with Gasteiger partial charge in [0.1, 0.15) is 11.0 Å². The van der Waals surface area contributed by atoms with Gasteiger partial charge in [0.15, 0.2) is 5.17 Å². The highest BCUT2D eigenvalue weighted by molar-refractivity contribution is 8.15. The highest BCUT2D eigenvalue weighted by Crippen LogP contribution is 2.27. The van der Waals surface area contributed by atoms with Crippen molar-refractivity contribution in [3.8, 4) is 5.75 Å². The molecule has 0 radical (unpaired) electrons. The van der Waals surface area contributed by atoms with Crippen LogP contribution in [0.4, 0.5) is 5.69 Å². The van der Waals surface area contributed by atoms with Gasteiger partial charge in [0.2, 0.25) is 11.8 Å². The Morgan fingerprint density at radius 3 is 2.65 bits per heavy atom. The second-order valence-electron chi connectivity index (χ2n) is 4.92. The Balaban J connectivity index is 2.06. The van der Waals surface area contributed by atoms with E-state index in [-0.39, 0.29) is 18.2 Å². The highest BCUT2D eigenvalue weighted by Gasteiger charge is 2.34. The number of methoxy groups -OCH3 is 1. The first-order valence-corrected chi connectivity index (χ1v) is 8.43. The topological polar surface area (TPSA) is 71.0 Å². The molecule has 7 heteroatoms. The number of hydrogen-bond acceptors (Lipinski definition) is 5. The van der Waals surface area contributed by atoms with E-state index in [2.05, 4.69) is 10.3 Å². The van der Waals surface area contributed by atoms with E-state index in [1.54, 1.807) is 36.3 Å². The number of amides is 2. The van der Waals surface area contributed by atoms with E-state index >= 15 is 0 Å². The first-order valence-electron chi connectivity index (χ1n) is 7.55. The molecule has 2 amide bonds. The van der Waals surface area contributed by atoms with Gasteiger partial charge in [0, 0.05) is 25.2 Å². The minimum atomic E-state index is -0.460. The van der Waals surface area contributed by atoms with Crippen LogP contribution in [0.15, 0.2) is 29.3 Å². The summed E-state index contributed by atoms with van der Waals surface area (Å²) in [5.41, 5.74) is 0.677. The number of ether oxygens (including phenoxy) is 1. The Morgan fingerprint density at radius 1 is 1.39 bits per heavy atom. The standard InChI is InChI=1S/C16H21N3O3S/c1-4-17-16-19(5-2)14(20)10-13(23-16)15(21)18-11-6-8-12(22-3)9-7-11/h6-9,13H,4-5,10H2,1-3H3,(H,18,21)/t13-/m0/s1.